The molecular weight excluding hydrogens is 202 g/mol. The lowest BCUT2D eigenvalue weighted by molar-refractivity contribution is -0.111. The van der Waals surface area contributed by atoms with Crippen LogP contribution in [0.2, 0.25) is 5.02 Å². The fourth-order valence-electron chi connectivity index (χ4n) is 1.50. The first kappa shape index (κ1) is 9.02. The van der Waals surface area contributed by atoms with Gasteiger partial charge in [-0.1, -0.05) is 11.6 Å². The summed E-state index contributed by atoms with van der Waals surface area (Å²) in [5, 5.41) is 4.03. The molecule has 0 spiro atoms. The number of halogens is 1. The van der Waals surface area contributed by atoms with E-state index in [2.05, 4.69) is 5.10 Å². The van der Waals surface area contributed by atoms with Gasteiger partial charge in [-0.15, -0.1) is 0 Å². The molecule has 0 saturated heterocycles. The highest BCUT2D eigenvalue weighted by molar-refractivity contribution is 6.54. The molecule has 0 radical (unpaired) electrons. The third kappa shape index (κ3) is 1.08. The van der Waals surface area contributed by atoms with Crippen molar-refractivity contribution in [3.8, 4) is 0 Å². The van der Waals surface area contributed by atoms with Crippen LogP contribution >= 0.6 is 11.6 Å². The van der Waals surface area contributed by atoms with Crippen LogP contribution in [0.3, 0.4) is 0 Å². The van der Waals surface area contributed by atoms with Crippen molar-refractivity contribution in [2.75, 3.05) is 11.9 Å². The zero-order chi connectivity index (χ0) is 10.3. The lowest BCUT2D eigenvalue weighted by Gasteiger charge is -2.07. The van der Waals surface area contributed by atoms with Crippen LogP contribution in [0.5, 0.6) is 0 Å². The Bertz CT molecular complexity index is 442. The summed E-state index contributed by atoms with van der Waals surface area (Å²) in [6, 6.07) is 5.18. The van der Waals surface area contributed by atoms with E-state index >= 15 is 0 Å². The summed E-state index contributed by atoms with van der Waals surface area (Å²) in [4.78, 5) is 13.1. The Morgan fingerprint density at radius 3 is 2.86 bits per heavy atom. The van der Waals surface area contributed by atoms with Crippen LogP contribution in [0.15, 0.2) is 23.3 Å². The zero-order valence-corrected chi connectivity index (χ0v) is 8.25. The average Bonchev–Trinajstić information content (AvgIpc) is 2.39. The van der Waals surface area contributed by atoms with Gasteiger partial charge >= 0.3 is 0 Å². The van der Waals surface area contributed by atoms with Gasteiger partial charge in [0.1, 0.15) is 0 Å². The number of hydrogen-bond donors (Lipinski definition) is 1. The van der Waals surface area contributed by atoms with Gasteiger partial charge in [-0.2, -0.15) is 5.10 Å². The van der Waals surface area contributed by atoms with E-state index in [1.54, 1.807) is 25.2 Å². The van der Waals surface area contributed by atoms with Crippen molar-refractivity contribution >= 4 is 28.9 Å². The molecule has 1 aromatic carbocycles. The molecule has 5 heteroatoms. The van der Waals surface area contributed by atoms with Crippen LogP contribution < -0.4 is 10.7 Å². The van der Waals surface area contributed by atoms with Gasteiger partial charge in [0.15, 0.2) is 5.71 Å². The fraction of sp³-hybridized carbons (Fsp3) is 0.111. The van der Waals surface area contributed by atoms with Crippen LogP contribution in [-0.2, 0) is 4.79 Å². The molecule has 1 amide bonds. The summed E-state index contributed by atoms with van der Waals surface area (Å²) in [5.74, 6) is 4.94. The number of nitrogens with two attached hydrogens (primary N) is 1. The van der Waals surface area contributed by atoms with Crippen molar-refractivity contribution in [2.45, 2.75) is 0 Å². The van der Waals surface area contributed by atoms with Crippen LogP contribution in [0.25, 0.3) is 0 Å². The van der Waals surface area contributed by atoms with Gasteiger partial charge in [0.05, 0.1) is 5.69 Å². The SMILES string of the molecule is CN1C(=O)/C(=N/N)c2cc(Cl)ccc21. The van der Waals surface area contributed by atoms with Crippen LogP contribution in [0, 0.1) is 0 Å². The smallest absolute Gasteiger partial charge is 0.279 e. The Kier molecular flexibility index (Phi) is 1.93. The van der Waals surface area contributed by atoms with E-state index in [1.807, 2.05) is 0 Å². The summed E-state index contributed by atoms with van der Waals surface area (Å²) >= 11 is 5.82. The number of benzene rings is 1. The highest BCUT2D eigenvalue weighted by Crippen LogP contribution is 2.30. The molecule has 4 nitrogen and oxygen atoms in total. The fourth-order valence-corrected chi connectivity index (χ4v) is 1.67. The second kappa shape index (κ2) is 2.99. The molecule has 1 aliphatic rings. The number of nitrogens with zero attached hydrogens (tertiary/aromatic N) is 2. The molecule has 1 aromatic rings. The quantitative estimate of drug-likeness (QED) is 0.512. The van der Waals surface area contributed by atoms with Crippen LogP contribution in [0.4, 0.5) is 5.69 Å². The number of carbonyl (C=O) groups is 1. The number of amides is 1. The normalized spacial score (nSPS) is 17.7. The lowest BCUT2D eigenvalue weighted by atomic mass is 10.1. The Hall–Kier alpha value is -1.55. The molecule has 0 atom stereocenters. The van der Waals surface area contributed by atoms with Gasteiger partial charge in [0.2, 0.25) is 0 Å². The van der Waals surface area contributed by atoms with Gasteiger partial charge in [0, 0.05) is 17.6 Å². The minimum atomic E-state index is -0.204. The first-order valence-corrected chi connectivity index (χ1v) is 4.39. The predicted octanol–water partition coefficient (Wildman–Crippen LogP) is 0.979. The summed E-state index contributed by atoms with van der Waals surface area (Å²) in [6.07, 6.45) is 0. The Labute approximate surface area is 86.0 Å². The second-order valence-electron chi connectivity index (χ2n) is 3.00. The third-order valence-corrected chi connectivity index (χ3v) is 2.45. The Morgan fingerprint density at radius 1 is 1.50 bits per heavy atom. The van der Waals surface area contributed by atoms with Crippen molar-refractivity contribution in [1.29, 1.82) is 0 Å². The Morgan fingerprint density at radius 2 is 2.21 bits per heavy atom. The minimum Gasteiger partial charge on any atom is -0.322 e. The molecule has 0 aliphatic carbocycles. The molecule has 0 bridgehead atoms. The molecule has 0 unspecified atom stereocenters. The Balaban J connectivity index is 2.68. The number of carbonyl (C=O) groups excluding carboxylic acids is 1. The lowest BCUT2D eigenvalue weighted by Crippen LogP contribution is -2.26. The van der Waals surface area contributed by atoms with Crippen molar-refractivity contribution in [3.05, 3.63) is 28.8 Å². The standard InChI is InChI=1S/C9H8ClN3O/c1-13-7-3-2-5(10)4-6(7)8(12-11)9(13)14/h2-4H,11H2,1H3/b12-8+. The van der Waals surface area contributed by atoms with Crippen molar-refractivity contribution in [2.24, 2.45) is 10.9 Å². The first-order chi connectivity index (χ1) is 6.65. The van der Waals surface area contributed by atoms with E-state index in [9.17, 15) is 4.79 Å². The van der Waals surface area contributed by atoms with E-state index in [-0.39, 0.29) is 11.6 Å². The first-order valence-electron chi connectivity index (χ1n) is 4.01. The van der Waals surface area contributed by atoms with Gasteiger partial charge in [-0.3, -0.25) is 4.79 Å². The minimum absolute atomic E-state index is 0.204. The predicted molar refractivity (Wildman–Crippen MR) is 55.6 cm³/mol. The average molecular weight is 210 g/mol. The molecule has 72 valence electrons. The molecule has 1 heterocycles. The number of likely N-dealkylation sites (N-methyl/N-ethyl adjacent to an activating group) is 1. The molecule has 0 saturated carbocycles. The molecule has 0 fully saturated rings. The topological polar surface area (TPSA) is 58.7 Å². The number of hydrogen-bond acceptors (Lipinski definition) is 3. The van der Waals surface area contributed by atoms with E-state index in [4.69, 9.17) is 17.4 Å². The molecule has 14 heavy (non-hydrogen) atoms. The molecule has 0 aromatic heterocycles. The van der Waals surface area contributed by atoms with Crippen molar-refractivity contribution in [3.63, 3.8) is 0 Å². The summed E-state index contributed by atoms with van der Waals surface area (Å²) in [7, 11) is 1.67. The maximum Gasteiger partial charge on any atom is 0.279 e. The van der Waals surface area contributed by atoms with E-state index in [0.717, 1.165) is 5.69 Å². The van der Waals surface area contributed by atoms with Crippen LogP contribution in [0.1, 0.15) is 5.56 Å². The largest absolute Gasteiger partial charge is 0.322 e. The zero-order valence-electron chi connectivity index (χ0n) is 7.49. The summed E-state index contributed by atoms with van der Waals surface area (Å²) < 4.78 is 0. The van der Waals surface area contributed by atoms with Gasteiger partial charge < -0.3 is 10.7 Å². The monoisotopic (exact) mass is 209 g/mol. The maximum atomic E-state index is 11.6. The number of fused-ring (bicyclic) bond motifs is 1. The summed E-state index contributed by atoms with van der Waals surface area (Å²) in [5.41, 5.74) is 1.72. The molecule has 2 N–H and O–H groups in total. The molecular formula is C9H8ClN3O. The van der Waals surface area contributed by atoms with Gasteiger partial charge in [-0.05, 0) is 18.2 Å². The van der Waals surface area contributed by atoms with E-state index in [1.165, 1.54) is 4.90 Å². The van der Waals surface area contributed by atoms with E-state index < -0.39 is 0 Å². The third-order valence-electron chi connectivity index (χ3n) is 2.21. The van der Waals surface area contributed by atoms with E-state index in [0.29, 0.717) is 10.6 Å². The highest BCUT2D eigenvalue weighted by atomic mass is 35.5. The van der Waals surface area contributed by atoms with Crippen molar-refractivity contribution < 1.29 is 4.79 Å². The maximum absolute atomic E-state index is 11.6. The highest BCUT2D eigenvalue weighted by Gasteiger charge is 2.31. The molecule has 2 rings (SSSR count). The number of hydrazone groups is 1. The molecule has 1 aliphatic heterocycles. The van der Waals surface area contributed by atoms with Gasteiger partial charge in [0.25, 0.3) is 5.91 Å². The second-order valence-corrected chi connectivity index (χ2v) is 3.44. The summed E-state index contributed by atoms with van der Waals surface area (Å²) in [6.45, 7) is 0. The van der Waals surface area contributed by atoms with Gasteiger partial charge in [-0.25, -0.2) is 0 Å². The number of anilines is 1. The van der Waals surface area contributed by atoms with Crippen molar-refractivity contribution in [1.82, 2.24) is 0 Å². The number of rotatable bonds is 0. The van der Waals surface area contributed by atoms with Crippen LogP contribution in [-0.4, -0.2) is 18.7 Å².